The number of anilines is 1. The Balaban J connectivity index is 1.91. The number of fused-ring (bicyclic) bond motifs is 1. The number of carbonyl (C=O) groups is 1. The zero-order valence-corrected chi connectivity index (χ0v) is 11.9. The van der Waals surface area contributed by atoms with Crippen molar-refractivity contribution in [2.24, 2.45) is 5.92 Å². The van der Waals surface area contributed by atoms with Crippen LogP contribution in [0.25, 0.3) is 0 Å². The summed E-state index contributed by atoms with van der Waals surface area (Å²) in [6.07, 6.45) is 2.05. The van der Waals surface area contributed by atoms with Gasteiger partial charge in [0.25, 0.3) is 0 Å². The minimum atomic E-state index is -3.08. The molecule has 108 valence electrons. The van der Waals surface area contributed by atoms with Gasteiger partial charge in [0.1, 0.15) is 5.75 Å². The van der Waals surface area contributed by atoms with Crippen LogP contribution in [0.5, 0.6) is 5.75 Å². The highest BCUT2D eigenvalue weighted by molar-refractivity contribution is 7.91. The number of para-hydroxylation sites is 1. The first kappa shape index (κ1) is 13.4. The van der Waals surface area contributed by atoms with Crippen LogP contribution in [0.2, 0.25) is 0 Å². The van der Waals surface area contributed by atoms with Crippen LogP contribution in [0.15, 0.2) is 18.2 Å². The van der Waals surface area contributed by atoms with E-state index in [4.69, 9.17) is 0 Å². The van der Waals surface area contributed by atoms with Gasteiger partial charge in [0.2, 0.25) is 5.91 Å². The molecule has 1 unspecified atom stereocenters. The van der Waals surface area contributed by atoms with Crippen LogP contribution in [-0.2, 0) is 21.1 Å². The third-order valence-corrected chi connectivity index (χ3v) is 5.81. The zero-order valence-electron chi connectivity index (χ0n) is 11.1. The number of aryl methyl sites for hydroxylation is 1. The number of nitrogens with zero attached hydrogens (tertiary/aromatic N) is 1. The Kier molecular flexibility index (Phi) is 3.20. The number of phenols is 1. The van der Waals surface area contributed by atoms with Crippen molar-refractivity contribution in [3.63, 3.8) is 0 Å². The number of carbonyl (C=O) groups excluding carboxylic acids is 1. The van der Waals surface area contributed by atoms with E-state index in [9.17, 15) is 18.3 Å². The minimum absolute atomic E-state index is 0.0642. The molecule has 0 radical (unpaired) electrons. The number of phenolic OH excluding ortho intramolecular Hbond substituents is 1. The Morgan fingerprint density at radius 1 is 1.35 bits per heavy atom. The summed E-state index contributed by atoms with van der Waals surface area (Å²) < 4.78 is 23.0. The van der Waals surface area contributed by atoms with Crippen molar-refractivity contribution >= 4 is 21.4 Å². The van der Waals surface area contributed by atoms with Gasteiger partial charge in [0.05, 0.1) is 23.1 Å². The second kappa shape index (κ2) is 4.77. The van der Waals surface area contributed by atoms with Gasteiger partial charge in [-0.25, -0.2) is 8.42 Å². The van der Waals surface area contributed by atoms with E-state index in [0.29, 0.717) is 18.7 Å². The van der Waals surface area contributed by atoms with E-state index in [1.165, 1.54) is 0 Å². The maximum Gasteiger partial charge on any atom is 0.231 e. The monoisotopic (exact) mass is 295 g/mol. The maximum atomic E-state index is 12.6. The molecule has 3 rings (SSSR count). The van der Waals surface area contributed by atoms with E-state index in [1.54, 1.807) is 17.0 Å². The number of aromatic hydroxyl groups is 1. The number of benzene rings is 1. The van der Waals surface area contributed by atoms with Crippen LogP contribution in [0, 0.1) is 5.92 Å². The van der Waals surface area contributed by atoms with Crippen molar-refractivity contribution in [1.29, 1.82) is 0 Å². The molecule has 1 amide bonds. The Morgan fingerprint density at radius 3 is 2.85 bits per heavy atom. The number of sulfone groups is 1. The smallest absolute Gasteiger partial charge is 0.231 e. The van der Waals surface area contributed by atoms with Crippen LogP contribution in [0.4, 0.5) is 5.69 Å². The lowest BCUT2D eigenvalue weighted by molar-refractivity contribution is -0.121. The number of amides is 1. The molecular formula is C14H17NO4S. The highest BCUT2D eigenvalue weighted by Crippen LogP contribution is 2.37. The second-order valence-corrected chi connectivity index (χ2v) is 7.71. The summed E-state index contributed by atoms with van der Waals surface area (Å²) in [4.78, 5) is 14.1. The Morgan fingerprint density at radius 2 is 2.15 bits per heavy atom. The van der Waals surface area contributed by atoms with E-state index < -0.39 is 15.8 Å². The molecule has 2 heterocycles. The quantitative estimate of drug-likeness (QED) is 0.842. The molecule has 0 bridgehead atoms. The van der Waals surface area contributed by atoms with Gasteiger partial charge < -0.3 is 10.0 Å². The molecule has 0 saturated carbocycles. The van der Waals surface area contributed by atoms with E-state index in [1.807, 2.05) is 6.07 Å². The molecular weight excluding hydrogens is 278 g/mol. The third-order valence-electron chi connectivity index (χ3n) is 4.04. The first-order valence-electron chi connectivity index (χ1n) is 6.80. The predicted molar refractivity (Wildman–Crippen MR) is 75.5 cm³/mol. The SMILES string of the molecule is O=C(C1CCS(=O)(=O)C1)N1CCCc2cccc(O)c21. The fourth-order valence-corrected chi connectivity index (χ4v) is 4.79. The molecule has 6 heteroatoms. The average molecular weight is 295 g/mol. The summed E-state index contributed by atoms with van der Waals surface area (Å²) in [5.74, 6) is -0.522. The number of hydrogen-bond donors (Lipinski definition) is 1. The highest BCUT2D eigenvalue weighted by Gasteiger charge is 2.37. The van der Waals surface area contributed by atoms with Gasteiger partial charge in [-0.15, -0.1) is 0 Å². The molecule has 1 atom stereocenters. The molecule has 1 fully saturated rings. The van der Waals surface area contributed by atoms with Gasteiger partial charge in [-0.05, 0) is 30.9 Å². The maximum absolute atomic E-state index is 12.6. The minimum Gasteiger partial charge on any atom is -0.506 e. The molecule has 1 saturated heterocycles. The van der Waals surface area contributed by atoms with Gasteiger partial charge in [-0.3, -0.25) is 4.79 Å². The predicted octanol–water partition coefficient (Wildman–Crippen LogP) is 1.11. The van der Waals surface area contributed by atoms with E-state index in [-0.39, 0.29) is 23.2 Å². The van der Waals surface area contributed by atoms with Gasteiger partial charge in [0, 0.05) is 6.54 Å². The van der Waals surface area contributed by atoms with Crippen LogP contribution < -0.4 is 4.90 Å². The van der Waals surface area contributed by atoms with Gasteiger partial charge >= 0.3 is 0 Å². The molecule has 2 aliphatic rings. The van der Waals surface area contributed by atoms with Crippen molar-refractivity contribution in [3.05, 3.63) is 23.8 Å². The van der Waals surface area contributed by atoms with E-state index in [0.717, 1.165) is 18.4 Å². The summed E-state index contributed by atoms with van der Waals surface area (Å²) in [5, 5.41) is 10.0. The standard InChI is InChI=1S/C14H17NO4S/c16-12-5-1-3-10-4-2-7-15(13(10)12)14(17)11-6-8-20(18,19)9-11/h1,3,5,11,16H,2,4,6-9H2. The zero-order chi connectivity index (χ0) is 14.3. The lowest BCUT2D eigenvalue weighted by Crippen LogP contribution is -2.40. The summed E-state index contributed by atoms with van der Waals surface area (Å²) in [6, 6.07) is 5.23. The van der Waals surface area contributed by atoms with Crippen molar-refractivity contribution in [3.8, 4) is 5.75 Å². The first-order chi connectivity index (χ1) is 9.48. The fraction of sp³-hybridized carbons (Fsp3) is 0.500. The highest BCUT2D eigenvalue weighted by atomic mass is 32.2. The number of rotatable bonds is 1. The molecule has 5 nitrogen and oxygen atoms in total. The van der Waals surface area contributed by atoms with Gasteiger partial charge in [-0.1, -0.05) is 12.1 Å². The first-order valence-corrected chi connectivity index (χ1v) is 8.63. The Labute approximate surface area is 118 Å². The summed E-state index contributed by atoms with van der Waals surface area (Å²) in [7, 11) is -3.08. The molecule has 1 N–H and O–H groups in total. The number of hydrogen-bond acceptors (Lipinski definition) is 4. The largest absolute Gasteiger partial charge is 0.506 e. The third kappa shape index (κ3) is 2.28. The van der Waals surface area contributed by atoms with Crippen molar-refractivity contribution in [2.75, 3.05) is 23.0 Å². The van der Waals surface area contributed by atoms with Crippen LogP contribution >= 0.6 is 0 Å². The molecule has 1 aromatic rings. The van der Waals surface area contributed by atoms with Crippen molar-refractivity contribution < 1.29 is 18.3 Å². The normalized spacial score (nSPS) is 24.4. The summed E-state index contributed by atoms with van der Waals surface area (Å²) in [6.45, 7) is 0.542. The fourth-order valence-electron chi connectivity index (χ4n) is 3.06. The van der Waals surface area contributed by atoms with E-state index >= 15 is 0 Å². The molecule has 20 heavy (non-hydrogen) atoms. The second-order valence-electron chi connectivity index (χ2n) is 5.48. The summed E-state index contributed by atoms with van der Waals surface area (Å²) >= 11 is 0. The molecule has 1 aromatic carbocycles. The van der Waals surface area contributed by atoms with Crippen LogP contribution in [0.1, 0.15) is 18.4 Å². The Bertz CT molecular complexity index is 653. The summed E-state index contributed by atoms with van der Waals surface area (Å²) in [5.41, 5.74) is 1.51. The Hall–Kier alpha value is -1.56. The van der Waals surface area contributed by atoms with Crippen molar-refractivity contribution in [1.82, 2.24) is 0 Å². The topological polar surface area (TPSA) is 74.7 Å². The molecule has 2 aliphatic heterocycles. The lowest BCUT2D eigenvalue weighted by Gasteiger charge is -2.31. The average Bonchev–Trinajstić information content (AvgIpc) is 2.78. The van der Waals surface area contributed by atoms with Crippen molar-refractivity contribution in [2.45, 2.75) is 19.3 Å². The van der Waals surface area contributed by atoms with Gasteiger partial charge in [-0.2, -0.15) is 0 Å². The van der Waals surface area contributed by atoms with Gasteiger partial charge in [0.15, 0.2) is 9.84 Å². The molecule has 0 aliphatic carbocycles. The lowest BCUT2D eigenvalue weighted by atomic mass is 9.98. The van der Waals surface area contributed by atoms with Crippen LogP contribution in [-0.4, -0.2) is 37.5 Å². The van der Waals surface area contributed by atoms with Crippen LogP contribution in [0.3, 0.4) is 0 Å². The molecule has 0 spiro atoms. The van der Waals surface area contributed by atoms with E-state index in [2.05, 4.69) is 0 Å². The molecule has 0 aromatic heterocycles.